The fraction of sp³-hybridized carbons (Fsp3) is 0.227. The molecule has 1 saturated heterocycles. The Morgan fingerprint density at radius 3 is 2.55 bits per heavy atom. The molecule has 5 nitrogen and oxygen atoms in total. The lowest BCUT2D eigenvalue weighted by Crippen LogP contribution is -2.37. The van der Waals surface area contributed by atoms with Crippen molar-refractivity contribution < 1.29 is 14.4 Å². The zero-order valence-electron chi connectivity index (χ0n) is 16.5. The molecule has 0 saturated carbocycles. The number of aryl methyl sites for hydroxylation is 2. The molecular weight excluding hydrogens is 404 g/mol. The summed E-state index contributed by atoms with van der Waals surface area (Å²) >= 11 is 2.50. The Labute approximate surface area is 178 Å². The first-order valence-corrected chi connectivity index (χ1v) is 11.2. The Bertz CT molecular complexity index is 984. The van der Waals surface area contributed by atoms with Crippen molar-refractivity contribution in [2.24, 2.45) is 0 Å². The van der Waals surface area contributed by atoms with Gasteiger partial charge in [0.2, 0.25) is 0 Å². The van der Waals surface area contributed by atoms with Gasteiger partial charge in [0.05, 0.1) is 4.91 Å². The minimum absolute atomic E-state index is 0.142. The monoisotopic (exact) mass is 426 g/mol. The normalized spacial score (nSPS) is 15.3. The molecule has 1 aliphatic rings. The Morgan fingerprint density at radius 1 is 1.14 bits per heavy atom. The molecular formula is C22H22N2O3S2. The van der Waals surface area contributed by atoms with Crippen LogP contribution in [0.2, 0.25) is 0 Å². The van der Waals surface area contributed by atoms with E-state index in [0.29, 0.717) is 10.5 Å². The maximum absolute atomic E-state index is 12.6. The van der Waals surface area contributed by atoms with Gasteiger partial charge in [0.25, 0.3) is 17.1 Å². The molecule has 3 rings (SSSR count). The summed E-state index contributed by atoms with van der Waals surface area (Å²) in [5, 5.41) is 2.49. The number of hydrogen-bond acceptors (Lipinski definition) is 5. The lowest BCUT2D eigenvalue weighted by molar-refractivity contribution is -0.122. The van der Waals surface area contributed by atoms with Crippen molar-refractivity contribution >= 4 is 46.7 Å². The highest BCUT2D eigenvalue weighted by Gasteiger charge is 2.34. The SMILES string of the molecule is CSc1ccc(C)c(C(=O)NCCN2C(=O)S/C(=C\c3ccc(C)cc3)C2=O)c1. The minimum Gasteiger partial charge on any atom is -0.350 e. The molecule has 0 atom stereocenters. The number of carbonyl (C=O) groups excluding carboxylic acids is 3. The van der Waals surface area contributed by atoms with Crippen molar-refractivity contribution in [3.63, 3.8) is 0 Å². The van der Waals surface area contributed by atoms with Crippen LogP contribution in [0.25, 0.3) is 6.08 Å². The number of nitrogens with zero attached hydrogens (tertiary/aromatic N) is 1. The molecule has 0 aliphatic carbocycles. The van der Waals surface area contributed by atoms with Gasteiger partial charge in [-0.1, -0.05) is 35.9 Å². The third-order valence-corrected chi connectivity index (χ3v) is 6.19. The zero-order valence-corrected chi connectivity index (χ0v) is 18.2. The summed E-state index contributed by atoms with van der Waals surface area (Å²) in [4.78, 5) is 39.9. The first kappa shape index (κ1) is 21.2. The highest BCUT2D eigenvalue weighted by Crippen LogP contribution is 2.31. The molecule has 7 heteroatoms. The van der Waals surface area contributed by atoms with Crippen molar-refractivity contribution in [1.29, 1.82) is 0 Å². The van der Waals surface area contributed by atoms with Gasteiger partial charge in [-0.2, -0.15) is 0 Å². The summed E-state index contributed by atoms with van der Waals surface area (Å²) in [6.07, 6.45) is 3.68. The van der Waals surface area contributed by atoms with E-state index >= 15 is 0 Å². The van der Waals surface area contributed by atoms with E-state index in [-0.39, 0.29) is 30.1 Å². The van der Waals surface area contributed by atoms with Gasteiger partial charge in [0.1, 0.15) is 0 Å². The lowest BCUT2D eigenvalue weighted by atomic mass is 10.1. The molecule has 1 N–H and O–H groups in total. The number of thioether (sulfide) groups is 2. The molecule has 1 fully saturated rings. The number of rotatable bonds is 6. The van der Waals surface area contributed by atoms with E-state index in [9.17, 15) is 14.4 Å². The molecule has 0 bridgehead atoms. The largest absolute Gasteiger partial charge is 0.350 e. The van der Waals surface area contributed by atoms with Crippen LogP contribution in [0.3, 0.4) is 0 Å². The fourth-order valence-corrected chi connectivity index (χ4v) is 4.16. The first-order chi connectivity index (χ1) is 13.9. The van der Waals surface area contributed by atoms with Gasteiger partial charge >= 0.3 is 0 Å². The highest BCUT2D eigenvalue weighted by atomic mass is 32.2. The van der Waals surface area contributed by atoms with Crippen molar-refractivity contribution in [2.45, 2.75) is 18.7 Å². The Hall–Kier alpha value is -2.51. The van der Waals surface area contributed by atoms with Gasteiger partial charge < -0.3 is 5.32 Å². The highest BCUT2D eigenvalue weighted by molar-refractivity contribution is 8.18. The predicted octanol–water partition coefficient (Wildman–Crippen LogP) is 4.49. The molecule has 2 aromatic carbocycles. The first-order valence-electron chi connectivity index (χ1n) is 9.14. The van der Waals surface area contributed by atoms with Crippen LogP contribution in [0.5, 0.6) is 0 Å². The summed E-state index contributed by atoms with van der Waals surface area (Å²) in [6.45, 7) is 4.22. The molecule has 0 radical (unpaired) electrons. The van der Waals surface area contributed by atoms with Crippen LogP contribution in [0.15, 0.2) is 52.3 Å². The summed E-state index contributed by atoms with van der Waals surface area (Å²) in [5.41, 5.74) is 3.49. The molecule has 150 valence electrons. The van der Waals surface area contributed by atoms with Gasteiger partial charge in [-0.15, -0.1) is 11.8 Å². The topological polar surface area (TPSA) is 66.5 Å². The van der Waals surface area contributed by atoms with Crippen LogP contribution in [-0.4, -0.2) is 41.3 Å². The van der Waals surface area contributed by atoms with E-state index in [2.05, 4.69) is 5.32 Å². The summed E-state index contributed by atoms with van der Waals surface area (Å²) < 4.78 is 0. The van der Waals surface area contributed by atoms with Crippen LogP contribution in [0, 0.1) is 13.8 Å². The van der Waals surface area contributed by atoms with Crippen LogP contribution in [0.4, 0.5) is 4.79 Å². The zero-order chi connectivity index (χ0) is 21.0. The van der Waals surface area contributed by atoms with E-state index < -0.39 is 0 Å². The van der Waals surface area contributed by atoms with E-state index in [1.165, 1.54) is 4.90 Å². The number of carbonyl (C=O) groups is 3. The second-order valence-electron chi connectivity index (χ2n) is 6.68. The summed E-state index contributed by atoms with van der Waals surface area (Å²) in [5.74, 6) is -0.532. The second-order valence-corrected chi connectivity index (χ2v) is 8.55. The summed E-state index contributed by atoms with van der Waals surface area (Å²) in [7, 11) is 0. The van der Waals surface area contributed by atoms with Crippen LogP contribution in [0.1, 0.15) is 27.0 Å². The van der Waals surface area contributed by atoms with Gasteiger partial charge in [-0.25, -0.2) is 0 Å². The predicted molar refractivity (Wildman–Crippen MR) is 119 cm³/mol. The van der Waals surface area contributed by atoms with Crippen molar-refractivity contribution in [3.05, 3.63) is 69.6 Å². The molecule has 2 aromatic rings. The summed E-state index contributed by atoms with van der Waals surface area (Å²) in [6, 6.07) is 13.5. The van der Waals surface area contributed by atoms with Crippen LogP contribution >= 0.6 is 23.5 Å². The van der Waals surface area contributed by atoms with Gasteiger partial charge in [0, 0.05) is 23.5 Å². The molecule has 0 aromatic heterocycles. The number of benzene rings is 2. The third-order valence-electron chi connectivity index (χ3n) is 4.56. The Kier molecular flexibility index (Phi) is 6.82. The molecule has 0 unspecified atom stereocenters. The number of nitrogens with one attached hydrogen (secondary N) is 1. The van der Waals surface area contributed by atoms with Gasteiger partial charge in [0.15, 0.2) is 0 Å². The Morgan fingerprint density at radius 2 is 1.86 bits per heavy atom. The van der Waals surface area contributed by atoms with Crippen LogP contribution < -0.4 is 5.32 Å². The Balaban J connectivity index is 1.61. The maximum Gasteiger partial charge on any atom is 0.293 e. The minimum atomic E-state index is -0.324. The second kappa shape index (κ2) is 9.33. The van der Waals surface area contributed by atoms with Crippen molar-refractivity contribution in [1.82, 2.24) is 10.2 Å². The maximum atomic E-state index is 12.6. The van der Waals surface area contributed by atoms with Gasteiger partial charge in [-0.05, 0) is 61.2 Å². The fourth-order valence-electron chi connectivity index (χ4n) is 2.86. The smallest absolute Gasteiger partial charge is 0.293 e. The van der Waals surface area contributed by atoms with Crippen molar-refractivity contribution in [3.8, 4) is 0 Å². The number of hydrogen-bond donors (Lipinski definition) is 1. The van der Waals surface area contributed by atoms with E-state index in [0.717, 1.165) is 33.3 Å². The number of amides is 3. The van der Waals surface area contributed by atoms with Crippen LogP contribution in [-0.2, 0) is 4.79 Å². The van der Waals surface area contributed by atoms with Crippen molar-refractivity contribution in [2.75, 3.05) is 19.3 Å². The lowest BCUT2D eigenvalue weighted by Gasteiger charge is -2.14. The van der Waals surface area contributed by atoms with Gasteiger partial charge in [-0.3, -0.25) is 19.3 Å². The standard InChI is InChI=1S/C22H22N2O3S2/c1-14-4-7-16(8-5-14)12-19-21(26)24(22(27)29-19)11-10-23-20(25)18-13-17(28-3)9-6-15(18)2/h4-9,12-13H,10-11H2,1-3H3,(H,23,25)/b19-12-. The van der Waals surface area contributed by atoms with E-state index in [1.807, 2.05) is 62.6 Å². The molecule has 1 aliphatic heterocycles. The third kappa shape index (κ3) is 5.10. The molecule has 29 heavy (non-hydrogen) atoms. The number of imide groups is 1. The molecule has 0 spiro atoms. The van der Waals surface area contributed by atoms with E-state index in [1.54, 1.807) is 17.8 Å². The van der Waals surface area contributed by atoms with E-state index in [4.69, 9.17) is 0 Å². The molecule has 1 heterocycles. The quantitative estimate of drug-likeness (QED) is 0.544. The average Bonchev–Trinajstić information content (AvgIpc) is 2.97. The molecule has 3 amide bonds. The average molecular weight is 427 g/mol.